The first-order valence-electron chi connectivity index (χ1n) is 7.80. The number of aryl methyl sites for hydroxylation is 2. The van der Waals surface area contributed by atoms with Crippen molar-refractivity contribution < 1.29 is 4.74 Å². The molecule has 0 bridgehead atoms. The second kappa shape index (κ2) is 6.38. The Labute approximate surface area is 120 Å². The Bertz CT molecular complexity index is 391. The molecule has 3 rings (SSSR count). The third-order valence-corrected chi connectivity index (χ3v) is 5.58. The van der Waals surface area contributed by atoms with Gasteiger partial charge in [0.1, 0.15) is 0 Å². The largest absolute Gasteiger partial charge is 0.378 e. The van der Waals surface area contributed by atoms with Gasteiger partial charge >= 0.3 is 0 Å². The summed E-state index contributed by atoms with van der Waals surface area (Å²) in [5, 5.41) is 3.75. The van der Waals surface area contributed by atoms with Gasteiger partial charge in [-0.3, -0.25) is 0 Å². The summed E-state index contributed by atoms with van der Waals surface area (Å²) in [5.74, 6) is 0. The molecule has 2 unspecified atom stereocenters. The highest BCUT2D eigenvalue weighted by Crippen LogP contribution is 2.30. The summed E-state index contributed by atoms with van der Waals surface area (Å²) >= 11 is 2.03. The van der Waals surface area contributed by atoms with Crippen LogP contribution in [0.3, 0.4) is 0 Å². The van der Waals surface area contributed by atoms with Gasteiger partial charge in [0.2, 0.25) is 0 Å². The molecule has 0 radical (unpaired) electrons. The van der Waals surface area contributed by atoms with Gasteiger partial charge in [0.05, 0.1) is 6.10 Å². The van der Waals surface area contributed by atoms with Gasteiger partial charge in [0, 0.05) is 28.9 Å². The first-order chi connectivity index (χ1) is 9.35. The molecule has 2 nitrogen and oxygen atoms in total. The highest BCUT2D eigenvalue weighted by molar-refractivity contribution is 7.12. The second-order valence-electron chi connectivity index (χ2n) is 5.90. The average Bonchev–Trinajstić information content (AvgIpc) is 2.98. The lowest BCUT2D eigenvalue weighted by Gasteiger charge is -2.30. The van der Waals surface area contributed by atoms with Crippen LogP contribution >= 0.6 is 11.3 Å². The molecule has 3 heteroatoms. The molecule has 1 aliphatic carbocycles. The van der Waals surface area contributed by atoms with Crippen molar-refractivity contribution in [3.05, 3.63) is 21.4 Å². The zero-order valence-electron chi connectivity index (χ0n) is 11.9. The Morgan fingerprint density at radius 3 is 3.21 bits per heavy atom. The number of hydrogen-bond donors (Lipinski definition) is 1. The normalized spacial score (nSPS) is 26.6. The van der Waals surface area contributed by atoms with Gasteiger partial charge in [-0.05, 0) is 50.2 Å². The van der Waals surface area contributed by atoms with E-state index in [0.29, 0.717) is 12.1 Å². The predicted molar refractivity (Wildman–Crippen MR) is 80.9 cm³/mol. The van der Waals surface area contributed by atoms with E-state index in [1.54, 1.807) is 10.4 Å². The fourth-order valence-electron chi connectivity index (χ4n) is 3.31. The number of fused-ring (bicyclic) bond motifs is 1. The summed E-state index contributed by atoms with van der Waals surface area (Å²) < 4.78 is 5.81. The molecule has 106 valence electrons. The minimum absolute atomic E-state index is 0.490. The molecule has 1 aromatic heterocycles. The van der Waals surface area contributed by atoms with Crippen molar-refractivity contribution in [3.63, 3.8) is 0 Å². The molecule has 0 saturated carbocycles. The monoisotopic (exact) mass is 279 g/mol. The average molecular weight is 279 g/mol. The van der Waals surface area contributed by atoms with Crippen LogP contribution in [0.4, 0.5) is 0 Å². The lowest BCUT2D eigenvalue weighted by Crippen LogP contribution is -2.38. The summed E-state index contributed by atoms with van der Waals surface area (Å²) in [7, 11) is 0. The third kappa shape index (κ3) is 3.39. The van der Waals surface area contributed by atoms with Crippen molar-refractivity contribution in [2.24, 2.45) is 0 Å². The van der Waals surface area contributed by atoms with Gasteiger partial charge < -0.3 is 10.1 Å². The van der Waals surface area contributed by atoms with Crippen LogP contribution in [0, 0.1) is 0 Å². The van der Waals surface area contributed by atoms with Gasteiger partial charge in [0.15, 0.2) is 0 Å². The summed E-state index contributed by atoms with van der Waals surface area (Å²) in [6, 6.07) is 3.09. The van der Waals surface area contributed by atoms with Crippen LogP contribution in [-0.4, -0.2) is 18.8 Å². The Kier molecular flexibility index (Phi) is 4.57. The highest BCUT2D eigenvalue weighted by Gasteiger charge is 2.22. The van der Waals surface area contributed by atoms with E-state index >= 15 is 0 Å². The second-order valence-corrected chi connectivity index (χ2v) is 7.12. The van der Waals surface area contributed by atoms with Crippen LogP contribution in [0.1, 0.15) is 54.3 Å². The van der Waals surface area contributed by atoms with Gasteiger partial charge in [-0.2, -0.15) is 0 Å². The highest BCUT2D eigenvalue weighted by atomic mass is 32.1. The summed E-state index contributed by atoms with van der Waals surface area (Å²) in [4.78, 5) is 3.18. The molecular weight excluding hydrogens is 254 g/mol. The van der Waals surface area contributed by atoms with E-state index in [9.17, 15) is 0 Å². The van der Waals surface area contributed by atoms with Crippen molar-refractivity contribution in [2.45, 2.75) is 70.6 Å². The lowest BCUT2D eigenvalue weighted by molar-refractivity contribution is -0.00338. The van der Waals surface area contributed by atoms with Gasteiger partial charge in [0.25, 0.3) is 0 Å². The molecule has 19 heavy (non-hydrogen) atoms. The molecule has 2 heterocycles. The van der Waals surface area contributed by atoms with Gasteiger partial charge in [-0.25, -0.2) is 0 Å². The van der Waals surface area contributed by atoms with Gasteiger partial charge in [-0.15, -0.1) is 11.3 Å². The maximum absolute atomic E-state index is 5.81. The SMILES string of the molecule is CCCC1CC(NCc2cc3c(s2)CCC3)CCO1. The third-order valence-electron chi connectivity index (χ3n) is 4.34. The van der Waals surface area contributed by atoms with Crippen molar-refractivity contribution in [1.29, 1.82) is 0 Å². The molecule has 1 fully saturated rings. The standard InChI is InChI=1S/C16H25NOS/c1-2-4-14-10-13(7-8-18-14)17-11-15-9-12-5-3-6-16(12)19-15/h9,13-14,17H,2-8,10-11H2,1H3. The van der Waals surface area contributed by atoms with E-state index < -0.39 is 0 Å². The Morgan fingerprint density at radius 1 is 1.42 bits per heavy atom. The fraction of sp³-hybridized carbons (Fsp3) is 0.750. The molecule has 2 atom stereocenters. The van der Waals surface area contributed by atoms with E-state index in [-0.39, 0.29) is 0 Å². The smallest absolute Gasteiger partial charge is 0.0589 e. The van der Waals surface area contributed by atoms with Crippen LogP contribution in [0.5, 0.6) is 0 Å². The minimum Gasteiger partial charge on any atom is -0.378 e. The number of ether oxygens (including phenoxy) is 1. The van der Waals surface area contributed by atoms with Crippen LogP contribution in [-0.2, 0) is 24.1 Å². The molecule has 1 aromatic rings. The number of rotatable bonds is 5. The topological polar surface area (TPSA) is 21.3 Å². The van der Waals surface area contributed by atoms with Crippen molar-refractivity contribution >= 4 is 11.3 Å². The van der Waals surface area contributed by atoms with Crippen molar-refractivity contribution in [1.82, 2.24) is 5.32 Å². The van der Waals surface area contributed by atoms with Crippen molar-refractivity contribution in [2.75, 3.05) is 6.61 Å². The van der Waals surface area contributed by atoms with Crippen LogP contribution < -0.4 is 5.32 Å². The van der Waals surface area contributed by atoms with E-state index in [1.165, 1.54) is 49.8 Å². The van der Waals surface area contributed by atoms with E-state index in [4.69, 9.17) is 4.74 Å². The molecule has 1 saturated heterocycles. The number of thiophene rings is 1. The summed E-state index contributed by atoms with van der Waals surface area (Å²) in [6.07, 6.45) is 9.29. The summed E-state index contributed by atoms with van der Waals surface area (Å²) in [5.41, 5.74) is 1.62. The maximum atomic E-state index is 5.81. The molecular formula is C16H25NOS. The fourth-order valence-corrected chi connectivity index (χ4v) is 4.52. The van der Waals surface area contributed by atoms with E-state index in [2.05, 4.69) is 18.3 Å². The Hall–Kier alpha value is -0.380. The lowest BCUT2D eigenvalue weighted by atomic mass is 10.00. The number of hydrogen-bond acceptors (Lipinski definition) is 3. The van der Waals surface area contributed by atoms with Crippen LogP contribution in [0.15, 0.2) is 6.07 Å². The first-order valence-corrected chi connectivity index (χ1v) is 8.62. The first kappa shape index (κ1) is 13.6. The number of nitrogens with one attached hydrogen (secondary N) is 1. The van der Waals surface area contributed by atoms with E-state index in [0.717, 1.165) is 13.2 Å². The predicted octanol–water partition coefficient (Wildman–Crippen LogP) is 3.67. The quantitative estimate of drug-likeness (QED) is 0.888. The van der Waals surface area contributed by atoms with E-state index in [1.807, 2.05) is 11.3 Å². The van der Waals surface area contributed by atoms with Crippen LogP contribution in [0.2, 0.25) is 0 Å². The maximum Gasteiger partial charge on any atom is 0.0589 e. The zero-order chi connectivity index (χ0) is 13.1. The zero-order valence-corrected chi connectivity index (χ0v) is 12.7. The minimum atomic E-state index is 0.490. The molecule has 2 aliphatic rings. The molecule has 0 aromatic carbocycles. The Balaban J connectivity index is 1.48. The summed E-state index contributed by atoms with van der Waals surface area (Å²) in [6.45, 7) is 4.23. The van der Waals surface area contributed by atoms with Crippen molar-refractivity contribution in [3.8, 4) is 0 Å². The molecule has 1 N–H and O–H groups in total. The van der Waals surface area contributed by atoms with Gasteiger partial charge in [-0.1, -0.05) is 13.3 Å². The van der Waals surface area contributed by atoms with Crippen LogP contribution in [0.25, 0.3) is 0 Å². The molecule has 0 amide bonds. The molecule has 0 spiro atoms. The molecule has 1 aliphatic heterocycles. The Morgan fingerprint density at radius 2 is 2.37 bits per heavy atom.